The molecule has 0 radical (unpaired) electrons. The first-order valence-electron chi connectivity index (χ1n) is 9.14. The molecule has 8 heteroatoms. The van der Waals surface area contributed by atoms with Gasteiger partial charge in [0.05, 0.1) is 12.8 Å². The lowest BCUT2D eigenvalue weighted by molar-refractivity contribution is -0.730. The highest BCUT2D eigenvalue weighted by atomic mass is 19.1. The van der Waals surface area contributed by atoms with Gasteiger partial charge in [-0.15, -0.1) is 0 Å². The third kappa shape index (κ3) is 2.79. The monoisotopic (exact) mass is 399 g/mol. The second-order valence-electron chi connectivity index (χ2n) is 7.55. The number of methoxy groups -OCH3 is 1. The maximum Gasteiger partial charge on any atom is 0.368 e. The van der Waals surface area contributed by atoms with Gasteiger partial charge >= 0.3 is 5.97 Å². The summed E-state index contributed by atoms with van der Waals surface area (Å²) in [5.41, 5.74) is -0.344. The van der Waals surface area contributed by atoms with E-state index < -0.39 is 47.0 Å². The zero-order valence-electron chi connectivity index (χ0n) is 15.8. The number of nitrogens with zero attached hydrogens (tertiary/aromatic N) is 1. The van der Waals surface area contributed by atoms with Crippen molar-refractivity contribution in [3.05, 3.63) is 59.9 Å². The standard InChI is InChI=1S/C21H19FN2O5/c1-21(20(28)29-2)16-15(17(23-21)11-3-9-14(25)10-4-11)18(26)24(19(16)27)13-7-5-12(22)6-8-13/h3-10,15-17,23,25H,1-2H3/p+1/t15-,16+,17-,21+/m0/s1. The van der Waals surface area contributed by atoms with Gasteiger partial charge in [-0.3, -0.25) is 9.59 Å². The van der Waals surface area contributed by atoms with Crippen molar-refractivity contribution in [2.75, 3.05) is 12.0 Å². The van der Waals surface area contributed by atoms with E-state index in [0.29, 0.717) is 5.56 Å². The summed E-state index contributed by atoms with van der Waals surface area (Å²) in [5, 5.41) is 11.3. The number of quaternary nitrogens is 1. The fourth-order valence-electron chi connectivity index (χ4n) is 4.52. The highest BCUT2D eigenvalue weighted by Gasteiger charge is 2.70. The zero-order valence-corrected chi connectivity index (χ0v) is 15.8. The number of phenols is 1. The summed E-state index contributed by atoms with van der Waals surface area (Å²) in [7, 11) is 1.24. The average Bonchev–Trinajstić information content (AvgIpc) is 3.17. The third-order valence-electron chi connectivity index (χ3n) is 5.90. The van der Waals surface area contributed by atoms with Gasteiger partial charge in [-0.25, -0.2) is 14.1 Å². The van der Waals surface area contributed by atoms with Crippen molar-refractivity contribution < 1.29 is 33.9 Å². The molecule has 0 bridgehead atoms. The van der Waals surface area contributed by atoms with E-state index in [1.807, 2.05) is 0 Å². The Hall–Kier alpha value is -3.26. The highest BCUT2D eigenvalue weighted by molar-refractivity contribution is 6.23. The molecule has 4 rings (SSSR count). The van der Waals surface area contributed by atoms with Crippen molar-refractivity contribution >= 4 is 23.5 Å². The van der Waals surface area contributed by atoms with Crippen molar-refractivity contribution in [1.29, 1.82) is 0 Å². The van der Waals surface area contributed by atoms with E-state index in [0.717, 1.165) is 4.90 Å². The summed E-state index contributed by atoms with van der Waals surface area (Å²) in [5.74, 6) is -3.72. The number of anilines is 1. The Morgan fingerprint density at radius 3 is 2.31 bits per heavy atom. The molecule has 0 aromatic heterocycles. The molecule has 2 aliphatic heterocycles. The van der Waals surface area contributed by atoms with Crippen LogP contribution in [0.3, 0.4) is 0 Å². The largest absolute Gasteiger partial charge is 0.508 e. The van der Waals surface area contributed by atoms with E-state index in [1.165, 1.54) is 43.5 Å². The van der Waals surface area contributed by atoms with Crippen LogP contribution < -0.4 is 10.2 Å². The van der Waals surface area contributed by atoms with Crippen molar-refractivity contribution in [3.63, 3.8) is 0 Å². The van der Waals surface area contributed by atoms with Crippen molar-refractivity contribution in [1.82, 2.24) is 0 Å². The van der Waals surface area contributed by atoms with E-state index in [9.17, 15) is 23.9 Å². The molecule has 2 heterocycles. The molecule has 0 aliphatic carbocycles. The molecule has 2 fully saturated rings. The minimum Gasteiger partial charge on any atom is -0.508 e. The SMILES string of the molecule is COC(=O)[C@]1(C)[NH2+][C@@H](c2ccc(O)cc2)[C@H]2C(=O)N(c3ccc(F)cc3)C(=O)[C@@H]21. The lowest BCUT2D eigenvalue weighted by atomic mass is 9.80. The van der Waals surface area contributed by atoms with Gasteiger partial charge in [-0.1, -0.05) is 0 Å². The van der Waals surface area contributed by atoms with Crippen LogP contribution in [0, 0.1) is 17.7 Å². The van der Waals surface area contributed by atoms with E-state index in [-0.39, 0.29) is 11.4 Å². The van der Waals surface area contributed by atoms with Crippen LogP contribution in [-0.2, 0) is 19.1 Å². The lowest BCUT2D eigenvalue weighted by Gasteiger charge is -2.25. The lowest BCUT2D eigenvalue weighted by Crippen LogP contribution is -2.97. The molecule has 0 saturated carbocycles. The smallest absolute Gasteiger partial charge is 0.368 e. The number of nitrogens with two attached hydrogens (primary N) is 1. The molecule has 0 unspecified atom stereocenters. The Labute approximate surface area is 166 Å². The number of rotatable bonds is 3. The zero-order chi connectivity index (χ0) is 20.9. The number of phenolic OH excluding ortho intramolecular Hbond substituents is 1. The fourth-order valence-corrected chi connectivity index (χ4v) is 4.52. The second-order valence-corrected chi connectivity index (χ2v) is 7.55. The number of hydrogen-bond acceptors (Lipinski definition) is 5. The van der Waals surface area contributed by atoms with Crippen LogP contribution in [0.5, 0.6) is 5.75 Å². The van der Waals surface area contributed by atoms with Gasteiger partial charge in [0, 0.05) is 12.5 Å². The van der Waals surface area contributed by atoms with E-state index in [2.05, 4.69) is 0 Å². The number of carbonyl (C=O) groups is 3. The molecule has 7 nitrogen and oxygen atoms in total. The molecule has 3 N–H and O–H groups in total. The number of esters is 1. The Balaban J connectivity index is 1.81. The first kappa shape index (κ1) is 19.1. The van der Waals surface area contributed by atoms with Gasteiger partial charge < -0.3 is 15.2 Å². The maximum absolute atomic E-state index is 13.3. The molecule has 4 atom stereocenters. The van der Waals surface area contributed by atoms with Gasteiger partial charge in [0.1, 0.15) is 29.4 Å². The predicted octanol–water partition coefficient (Wildman–Crippen LogP) is 0.887. The van der Waals surface area contributed by atoms with E-state index in [1.54, 1.807) is 24.4 Å². The normalized spacial score (nSPS) is 28.5. The summed E-state index contributed by atoms with van der Waals surface area (Å²) in [4.78, 5) is 40.3. The number of ether oxygens (including phenoxy) is 1. The molecular weight excluding hydrogens is 379 g/mol. The number of fused-ring (bicyclic) bond motifs is 1. The van der Waals surface area contributed by atoms with E-state index in [4.69, 9.17) is 4.74 Å². The average molecular weight is 399 g/mol. The molecule has 2 saturated heterocycles. The summed E-state index contributed by atoms with van der Waals surface area (Å²) in [6.45, 7) is 1.59. The quantitative estimate of drug-likeness (QED) is 0.590. The number of carbonyl (C=O) groups excluding carboxylic acids is 3. The van der Waals surface area contributed by atoms with Crippen LogP contribution in [-0.4, -0.2) is 35.5 Å². The summed E-state index contributed by atoms with van der Waals surface area (Å²) in [6, 6.07) is 10.9. The molecule has 150 valence electrons. The molecule has 2 amide bonds. The minimum atomic E-state index is -1.30. The third-order valence-corrected chi connectivity index (χ3v) is 5.90. The molecule has 29 heavy (non-hydrogen) atoms. The Morgan fingerprint density at radius 1 is 1.10 bits per heavy atom. The van der Waals surface area contributed by atoms with Crippen LogP contribution in [0.2, 0.25) is 0 Å². The van der Waals surface area contributed by atoms with Gasteiger partial charge in [-0.2, -0.15) is 0 Å². The van der Waals surface area contributed by atoms with Gasteiger partial charge in [0.2, 0.25) is 17.4 Å². The Bertz CT molecular complexity index is 991. The summed E-state index contributed by atoms with van der Waals surface area (Å²) in [6.07, 6.45) is 0. The fraction of sp³-hybridized carbons (Fsp3) is 0.286. The maximum atomic E-state index is 13.3. The Kier molecular flexibility index (Phi) is 4.38. The second kappa shape index (κ2) is 6.66. The van der Waals surface area contributed by atoms with Gasteiger partial charge in [-0.05, 0) is 48.5 Å². The summed E-state index contributed by atoms with van der Waals surface area (Å²) >= 11 is 0. The van der Waals surface area contributed by atoms with Crippen molar-refractivity contribution in [2.24, 2.45) is 11.8 Å². The number of aromatic hydroxyl groups is 1. The van der Waals surface area contributed by atoms with Gasteiger partial charge in [0.15, 0.2) is 0 Å². The predicted molar refractivity (Wildman–Crippen MR) is 99.1 cm³/mol. The van der Waals surface area contributed by atoms with Gasteiger partial charge in [0.25, 0.3) is 0 Å². The number of imide groups is 1. The molecule has 2 aromatic carbocycles. The highest BCUT2D eigenvalue weighted by Crippen LogP contribution is 2.45. The molecular formula is C21H20FN2O5+. The molecule has 0 spiro atoms. The van der Waals surface area contributed by atoms with Crippen LogP contribution in [0.15, 0.2) is 48.5 Å². The molecule has 2 aliphatic rings. The molecule has 2 aromatic rings. The topological polar surface area (TPSA) is 101 Å². The van der Waals surface area contributed by atoms with E-state index >= 15 is 0 Å². The van der Waals surface area contributed by atoms with Crippen molar-refractivity contribution in [2.45, 2.75) is 18.5 Å². The first-order valence-corrected chi connectivity index (χ1v) is 9.14. The number of benzene rings is 2. The number of amides is 2. The summed E-state index contributed by atoms with van der Waals surface area (Å²) < 4.78 is 18.3. The Morgan fingerprint density at radius 2 is 1.72 bits per heavy atom. The van der Waals surface area contributed by atoms with Crippen LogP contribution >= 0.6 is 0 Å². The van der Waals surface area contributed by atoms with Crippen LogP contribution in [0.4, 0.5) is 10.1 Å². The number of hydrogen-bond donors (Lipinski definition) is 2. The van der Waals surface area contributed by atoms with Crippen LogP contribution in [0.1, 0.15) is 18.5 Å². The van der Waals surface area contributed by atoms with Crippen molar-refractivity contribution in [3.8, 4) is 5.75 Å². The first-order chi connectivity index (χ1) is 13.8. The van der Waals surface area contributed by atoms with Crippen LogP contribution in [0.25, 0.3) is 0 Å². The number of halogens is 1. The minimum absolute atomic E-state index is 0.0702.